The molecule has 0 saturated heterocycles. The first-order valence-electron chi connectivity index (χ1n) is 8.29. The number of amides is 2. The van der Waals surface area contributed by atoms with Gasteiger partial charge in [0.1, 0.15) is 11.9 Å². The molecular weight excluding hydrogens is 354 g/mol. The Kier molecular flexibility index (Phi) is 6.56. The molecule has 1 atom stereocenters. The Morgan fingerprint density at radius 3 is 2.65 bits per heavy atom. The molecule has 1 aromatic heterocycles. The lowest BCUT2D eigenvalue weighted by atomic mass is 10.1. The predicted molar refractivity (Wildman–Crippen MR) is 104 cm³/mol. The molecule has 1 fully saturated rings. The van der Waals surface area contributed by atoms with Crippen LogP contribution < -0.4 is 22.5 Å². The number of nitrogens with zero attached hydrogens (tertiary/aromatic N) is 3. The van der Waals surface area contributed by atoms with Crippen molar-refractivity contribution in [1.82, 2.24) is 9.97 Å². The van der Waals surface area contributed by atoms with Crippen molar-refractivity contribution in [2.75, 3.05) is 5.32 Å². The highest BCUT2D eigenvalue weighted by Crippen LogP contribution is 2.34. The van der Waals surface area contributed by atoms with Gasteiger partial charge in [0, 0.05) is 24.4 Å². The molecule has 0 radical (unpaired) electrons. The van der Waals surface area contributed by atoms with E-state index in [2.05, 4.69) is 32.9 Å². The number of carbonyl (C=O) groups excluding carboxylic acids is 2. The monoisotopic (exact) mass is 378 g/mol. The highest BCUT2D eigenvalue weighted by atomic mass is 32.1. The van der Waals surface area contributed by atoms with Crippen LogP contribution in [0.4, 0.5) is 11.6 Å². The predicted octanol–water partition coefficient (Wildman–Crippen LogP) is -0.0645. The molecule has 26 heavy (non-hydrogen) atoms. The van der Waals surface area contributed by atoms with E-state index >= 15 is 0 Å². The molecule has 140 valence electrons. The van der Waals surface area contributed by atoms with E-state index in [9.17, 15) is 9.59 Å². The number of nitrogens with one attached hydrogen (secondary N) is 1. The first kappa shape index (κ1) is 19.7. The number of aromatic nitrogens is 2. The summed E-state index contributed by atoms with van der Waals surface area (Å²) in [5.74, 6) is -0.444. The number of rotatable bonds is 9. The van der Waals surface area contributed by atoms with E-state index in [0.717, 1.165) is 12.8 Å². The van der Waals surface area contributed by atoms with Crippen LogP contribution in [0.5, 0.6) is 0 Å². The number of nitrogens with two attached hydrogens (primary N) is 3. The molecule has 2 amide bonds. The van der Waals surface area contributed by atoms with E-state index in [-0.39, 0.29) is 17.3 Å². The second-order valence-corrected chi connectivity index (χ2v) is 6.65. The molecule has 1 aliphatic carbocycles. The number of allylic oxidation sites excluding steroid dienone is 1. The second-order valence-electron chi connectivity index (χ2n) is 6.14. The maximum absolute atomic E-state index is 11.6. The van der Waals surface area contributed by atoms with Crippen LogP contribution in [0.1, 0.15) is 43.1 Å². The summed E-state index contributed by atoms with van der Waals surface area (Å²) in [6.45, 7) is 1.90. The Hall–Kier alpha value is -2.62. The second kappa shape index (κ2) is 8.65. The van der Waals surface area contributed by atoms with E-state index in [1.54, 1.807) is 6.08 Å². The molecular formula is C16H24N7O2S+. The Morgan fingerprint density at radius 1 is 1.42 bits per heavy atom. The Bertz CT molecular complexity index is 759. The highest BCUT2D eigenvalue weighted by Gasteiger charge is 2.28. The molecule has 2 rings (SSSR count). The summed E-state index contributed by atoms with van der Waals surface area (Å²) in [6.07, 6.45) is 6.37. The normalized spacial score (nSPS) is 16.2. The summed E-state index contributed by atoms with van der Waals surface area (Å²) in [5.41, 5.74) is 17.0. The molecule has 1 aliphatic rings. The van der Waals surface area contributed by atoms with Crippen LogP contribution in [-0.2, 0) is 17.4 Å². The molecule has 9 nitrogen and oxygen atoms in total. The topological polar surface area (TPSA) is 162 Å². The number of carbonyl (C=O) groups is 2. The van der Waals surface area contributed by atoms with Crippen LogP contribution >= 0.6 is 0 Å². The molecule has 0 unspecified atom stereocenters. The van der Waals surface area contributed by atoms with Crippen molar-refractivity contribution < 1.29 is 9.59 Å². The molecule has 10 heteroatoms. The Balaban J connectivity index is 2.30. The largest absolute Gasteiger partial charge is 0.402 e. The van der Waals surface area contributed by atoms with Gasteiger partial charge in [-0.05, 0) is 18.8 Å². The lowest BCUT2D eigenvalue weighted by Crippen LogP contribution is -2.36. The maximum atomic E-state index is 11.6. The first-order valence-corrected chi connectivity index (χ1v) is 8.79. The molecule has 1 saturated carbocycles. The number of anilines is 1. The summed E-state index contributed by atoms with van der Waals surface area (Å²) in [7, 11) is 0. The molecule has 1 heterocycles. The van der Waals surface area contributed by atoms with Gasteiger partial charge in [-0.25, -0.2) is 9.97 Å². The summed E-state index contributed by atoms with van der Waals surface area (Å²) in [4.78, 5) is 35.7. The molecule has 0 aromatic carbocycles. The van der Waals surface area contributed by atoms with E-state index in [0.29, 0.717) is 29.5 Å². The van der Waals surface area contributed by atoms with E-state index in [1.807, 2.05) is 6.92 Å². The van der Waals surface area contributed by atoms with Gasteiger partial charge in [-0.3, -0.25) is 9.59 Å². The van der Waals surface area contributed by atoms with E-state index in [1.165, 1.54) is 6.20 Å². The van der Waals surface area contributed by atoms with Crippen molar-refractivity contribution in [3.05, 3.63) is 23.7 Å². The van der Waals surface area contributed by atoms with Crippen molar-refractivity contribution in [3.63, 3.8) is 0 Å². The van der Waals surface area contributed by atoms with Gasteiger partial charge in [-0.1, -0.05) is 19.8 Å². The highest BCUT2D eigenvalue weighted by molar-refractivity contribution is 7.78. The Morgan fingerprint density at radius 2 is 2.12 bits per heavy atom. The zero-order valence-electron chi connectivity index (χ0n) is 14.5. The number of primary amides is 2. The van der Waals surface area contributed by atoms with Crippen molar-refractivity contribution in [2.24, 2.45) is 28.1 Å². The lowest BCUT2D eigenvalue weighted by Gasteiger charge is -2.15. The molecule has 0 spiro atoms. The van der Waals surface area contributed by atoms with Gasteiger partial charge in [0.15, 0.2) is 11.5 Å². The summed E-state index contributed by atoms with van der Waals surface area (Å²) >= 11 is 3.31. The third kappa shape index (κ3) is 5.73. The van der Waals surface area contributed by atoms with Gasteiger partial charge >= 0.3 is 0 Å². The third-order valence-electron chi connectivity index (χ3n) is 3.88. The quantitative estimate of drug-likeness (QED) is 0.267. The number of aliphatic imine (C=N–C) groups is 1. The zero-order valence-corrected chi connectivity index (χ0v) is 15.5. The van der Waals surface area contributed by atoms with Gasteiger partial charge in [0.25, 0.3) is 5.91 Å². The molecule has 7 N–H and O–H groups in total. The first-order chi connectivity index (χ1) is 12.3. The summed E-state index contributed by atoms with van der Waals surface area (Å²) in [5, 5.41) is 3.32. The minimum absolute atomic E-state index is 0.0160. The van der Waals surface area contributed by atoms with E-state index < -0.39 is 17.9 Å². The minimum atomic E-state index is -0.765. The van der Waals surface area contributed by atoms with Crippen molar-refractivity contribution in [2.45, 2.75) is 38.6 Å². The van der Waals surface area contributed by atoms with E-state index in [4.69, 9.17) is 17.2 Å². The number of hydrogen-bond donors (Lipinski definition) is 4. The average molecular weight is 378 g/mol. The van der Waals surface area contributed by atoms with Crippen molar-refractivity contribution in [1.29, 1.82) is 0 Å². The summed E-state index contributed by atoms with van der Waals surface area (Å²) < 4.78 is 0. The van der Waals surface area contributed by atoms with Gasteiger partial charge < -0.3 is 22.5 Å². The van der Waals surface area contributed by atoms with Crippen molar-refractivity contribution >= 4 is 41.1 Å². The molecule has 0 aliphatic heterocycles. The fourth-order valence-corrected chi connectivity index (χ4v) is 2.53. The van der Waals surface area contributed by atoms with Gasteiger partial charge in [-0.15, -0.1) is 0 Å². The fraction of sp³-hybridized carbons (Fsp3) is 0.438. The average Bonchev–Trinajstić information content (AvgIpc) is 3.37. The van der Waals surface area contributed by atoms with Gasteiger partial charge in [0.2, 0.25) is 11.0 Å². The van der Waals surface area contributed by atoms with Gasteiger partial charge in [0.05, 0.1) is 6.20 Å². The SMILES string of the molecule is CC/C(N)=C/C([SH2+])=Nc1nc(N[C@H](CC2CC2)C(N)=O)cnc1C(N)=O. The van der Waals surface area contributed by atoms with Crippen LogP contribution in [0.2, 0.25) is 0 Å². The smallest absolute Gasteiger partial charge is 0.271 e. The minimum Gasteiger partial charge on any atom is -0.402 e. The van der Waals surface area contributed by atoms with Crippen LogP contribution in [0.25, 0.3) is 0 Å². The van der Waals surface area contributed by atoms with Crippen molar-refractivity contribution in [3.8, 4) is 0 Å². The Labute approximate surface area is 156 Å². The standard InChI is InChI=1S/C16H23N7O2S/c1-2-9(17)6-12(26)23-16-13(15(19)25)20-7-11(22-16)21-10(14(18)24)5-8-3-4-8/h6-8,10H,2-5,17H2,1H3,(H2,18,24)(H2,19,25)(H2,21,22,23,26)/p+1/b9-6-/t10-/m1/s1. The molecule has 1 aromatic rings. The van der Waals surface area contributed by atoms with Gasteiger partial charge in [-0.2, -0.15) is 4.99 Å². The van der Waals surface area contributed by atoms with Crippen LogP contribution in [0.15, 0.2) is 23.0 Å². The maximum Gasteiger partial charge on any atom is 0.271 e. The van der Waals surface area contributed by atoms with Crippen LogP contribution in [0.3, 0.4) is 0 Å². The fourth-order valence-electron chi connectivity index (χ4n) is 2.24. The zero-order chi connectivity index (χ0) is 19.3. The molecule has 0 bridgehead atoms. The lowest BCUT2D eigenvalue weighted by molar-refractivity contribution is -0.118. The van der Waals surface area contributed by atoms with Crippen LogP contribution in [-0.4, -0.2) is 32.9 Å². The van der Waals surface area contributed by atoms with Crippen LogP contribution in [0, 0.1) is 5.92 Å². The summed E-state index contributed by atoms with van der Waals surface area (Å²) in [6, 6.07) is -0.563. The third-order valence-corrected chi connectivity index (χ3v) is 4.13. The number of hydrogen-bond acceptors (Lipinski definition) is 7.